The highest BCUT2D eigenvalue weighted by Crippen LogP contribution is 2.59. The first-order chi connectivity index (χ1) is 12.0. The lowest BCUT2D eigenvalue weighted by Crippen LogP contribution is -2.23. The van der Waals surface area contributed by atoms with Gasteiger partial charge in [0.2, 0.25) is 0 Å². The monoisotopic (exact) mass is 369 g/mol. The van der Waals surface area contributed by atoms with Gasteiger partial charge in [0.15, 0.2) is 0 Å². The first-order valence-corrected chi connectivity index (χ1v) is 9.72. The Morgan fingerprint density at radius 3 is 2.24 bits per heavy atom. The summed E-state index contributed by atoms with van der Waals surface area (Å²) in [5.41, 5.74) is 0.970. The van der Waals surface area contributed by atoms with E-state index >= 15 is 0 Å². The van der Waals surface area contributed by atoms with E-state index in [0.29, 0.717) is 5.56 Å². The van der Waals surface area contributed by atoms with Gasteiger partial charge in [-0.2, -0.15) is 0 Å². The van der Waals surface area contributed by atoms with Gasteiger partial charge in [0.1, 0.15) is 17.4 Å². The molecular weight excluding hydrogens is 347 g/mol. The second kappa shape index (κ2) is 9.20. The van der Waals surface area contributed by atoms with Gasteiger partial charge in [-0.15, -0.1) is 0 Å². The molecule has 136 valence electrons. The van der Waals surface area contributed by atoms with Gasteiger partial charge in [0.05, 0.1) is 13.2 Å². The molecule has 0 saturated carbocycles. The zero-order valence-electron chi connectivity index (χ0n) is 14.2. The van der Waals surface area contributed by atoms with Gasteiger partial charge in [-0.1, -0.05) is 36.4 Å². The maximum atomic E-state index is 13.9. The van der Waals surface area contributed by atoms with Crippen molar-refractivity contribution >= 4 is 7.60 Å². The van der Waals surface area contributed by atoms with Crippen LogP contribution in [0.2, 0.25) is 0 Å². The Balaban J connectivity index is 2.30. The molecule has 25 heavy (non-hydrogen) atoms. The topological polar surface area (TPSA) is 47.6 Å². The number of nitrogens with one attached hydrogen (secondary N) is 1. The summed E-state index contributed by atoms with van der Waals surface area (Å²) < 4.78 is 51.0. The molecule has 7 heteroatoms. The average molecular weight is 369 g/mol. The molecule has 1 N–H and O–H groups in total. The van der Waals surface area contributed by atoms with Gasteiger partial charge < -0.3 is 9.05 Å². The highest BCUT2D eigenvalue weighted by atomic mass is 31.2. The van der Waals surface area contributed by atoms with Gasteiger partial charge in [-0.3, -0.25) is 9.88 Å². The van der Waals surface area contributed by atoms with E-state index in [1.54, 1.807) is 26.0 Å². The normalized spacial score (nSPS) is 13.0. The second-order valence-electron chi connectivity index (χ2n) is 5.31. The minimum atomic E-state index is -3.52. The van der Waals surface area contributed by atoms with Crippen molar-refractivity contribution in [3.63, 3.8) is 0 Å². The molecule has 2 aromatic carbocycles. The largest absolute Gasteiger partial charge is 0.351 e. The lowest BCUT2D eigenvalue weighted by Gasteiger charge is -2.27. The molecule has 0 heterocycles. The standard InChI is InChI=1S/C18H22F2NO3P/c1-3-23-25(22,24-4-2)18(14-8-6-5-7-9-14)21-13-15-10-11-16(19)12-17(15)20/h5-12,18,21H,3-4,13H2,1-2H3. The predicted molar refractivity (Wildman–Crippen MR) is 93.2 cm³/mol. The Bertz CT molecular complexity index is 718. The van der Waals surface area contributed by atoms with Gasteiger partial charge in [-0.05, 0) is 25.5 Å². The third-order valence-corrected chi connectivity index (χ3v) is 5.90. The SMILES string of the molecule is CCOP(=O)(OCC)C(NCc1ccc(F)cc1F)c1ccccc1. The van der Waals surface area contributed by atoms with E-state index in [4.69, 9.17) is 9.05 Å². The van der Waals surface area contributed by atoms with E-state index in [-0.39, 0.29) is 25.3 Å². The zero-order valence-corrected chi connectivity index (χ0v) is 15.1. The highest BCUT2D eigenvalue weighted by molar-refractivity contribution is 7.54. The molecule has 0 bridgehead atoms. The predicted octanol–water partition coefficient (Wildman–Crippen LogP) is 5.02. The fourth-order valence-corrected chi connectivity index (χ4v) is 4.41. The molecule has 0 spiro atoms. The molecule has 0 amide bonds. The van der Waals surface area contributed by atoms with Crippen molar-refractivity contribution in [1.29, 1.82) is 0 Å². The summed E-state index contributed by atoms with van der Waals surface area (Å²) in [5, 5.41) is 3.05. The molecule has 0 aromatic heterocycles. The molecular formula is C18H22F2NO3P. The Labute approximate surface area is 146 Å². The first kappa shape index (κ1) is 19.7. The summed E-state index contributed by atoms with van der Waals surface area (Å²) in [5.74, 6) is -2.07. The van der Waals surface area contributed by atoms with Crippen LogP contribution in [0.15, 0.2) is 48.5 Å². The van der Waals surface area contributed by atoms with Crippen LogP contribution in [0, 0.1) is 11.6 Å². The Morgan fingerprint density at radius 2 is 1.68 bits per heavy atom. The Kier molecular flexibility index (Phi) is 7.26. The van der Waals surface area contributed by atoms with Crippen LogP contribution in [0.3, 0.4) is 0 Å². The summed E-state index contributed by atoms with van der Waals surface area (Å²) in [4.78, 5) is 0. The van der Waals surface area contributed by atoms with Crippen LogP contribution in [0.4, 0.5) is 8.78 Å². The maximum Gasteiger partial charge on any atom is 0.351 e. The van der Waals surface area contributed by atoms with Crippen molar-refractivity contribution in [1.82, 2.24) is 5.32 Å². The number of benzene rings is 2. The summed E-state index contributed by atoms with van der Waals surface area (Å²) >= 11 is 0. The number of halogens is 2. The molecule has 1 atom stereocenters. The molecule has 1 unspecified atom stereocenters. The van der Waals surface area contributed by atoms with Crippen molar-refractivity contribution in [2.24, 2.45) is 0 Å². The average Bonchev–Trinajstić information content (AvgIpc) is 2.58. The minimum absolute atomic E-state index is 0.0514. The highest BCUT2D eigenvalue weighted by Gasteiger charge is 2.36. The summed E-state index contributed by atoms with van der Waals surface area (Å²) in [7, 11) is -3.52. The van der Waals surface area contributed by atoms with Gasteiger partial charge in [0, 0.05) is 18.2 Å². The van der Waals surface area contributed by atoms with Crippen molar-refractivity contribution in [2.75, 3.05) is 13.2 Å². The van der Waals surface area contributed by atoms with E-state index in [0.717, 1.165) is 6.07 Å². The fraction of sp³-hybridized carbons (Fsp3) is 0.333. The summed E-state index contributed by atoms with van der Waals surface area (Å²) in [6, 6.07) is 12.4. The zero-order chi connectivity index (χ0) is 18.3. The number of hydrogen-bond donors (Lipinski definition) is 1. The van der Waals surface area contributed by atoms with Crippen LogP contribution in [0.1, 0.15) is 30.8 Å². The lowest BCUT2D eigenvalue weighted by atomic mass is 10.2. The minimum Gasteiger partial charge on any atom is -0.308 e. The van der Waals surface area contributed by atoms with E-state index in [9.17, 15) is 13.3 Å². The number of rotatable bonds is 9. The lowest BCUT2D eigenvalue weighted by molar-refractivity contribution is 0.207. The van der Waals surface area contributed by atoms with Gasteiger partial charge in [0.25, 0.3) is 0 Å². The van der Waals surface area contributed by atoms with E-state index in [1.807, 2.05) is 18.2 Å². The van der Waals surface area contributed by atoms with Crippen LogP contribution in [0.5, 0.6) is 0 Å². The first-order valence-electron chi connectivity index (χ1n) is 8.11. The van der Waals surface area contributed by atoms with Crippen LogP contribution in [-0.2, 0) is 20.2 Å². The van der Waals surface area contributed by atoms with Crippen molar-refractivity contribution in [3.8, 4) is 0 Å². The summed E-state index contributed by atoms with van der Waals surface area (Å²) in [6.07, 6.45) is 0. The maximum absolute atomic E-state index is 13.9. The molecule has 4 nitrogen and oxygen atoms in total. The summed E-state index contributed by atoms with van der Waals surface area (Å²) in [6.45, 7) is 3.94. The number of hydrogen-bond acceptors (Lipinski definition) is 4. The third kappa shape index (κ3) is 5.19. The molecule has 0 aliphatic carbocycles. The van der Waals surface area contributed by atoms with Crippen molar-refractivity contribution < 1.29 is 22.4 Å². The third-order valence-electron chi connectivity index (χ3n) is 3.55. The smallest absolute Gasteiger partial charge is 0.308 e. The van der Waals surface area contributed by atoms with Gasteiger partial charge in [-0.25, -0.2) is 8.78 Å². The second-order valence-corrected chi connectivity index (χ2v) is 7.42. The van der Waals surface area contributed by atoms with E-state index < -0.39 is 25.0 Å². The Morgan fingerprint density at radius 1 is 1.04 bits per heavy atom. The molecule has 2 rings (SSSR count). The molecule has 2 aromatic rings. The van der Waals surface area contributed by atoms with Crippen LogP contribution in [0.25, 0.3) is 0 Å². The van der Waals surface area contributed by atoms with Crippen LogP contribution in [-0.4, -0.2) is 13.2 Å². The molecule has 0 radical (unpaired) electrons. The quantitative estimate of drug-likeness (QED) is 0.631. The molecule has 0 fully saturated rings. The van der Waals surface area contributed by atoms with Crippen LogP contribution >= 0.6 is 7.60 Å². The van der Waals surface area contributed by atoms with E-state index in [2.05, 4.69) is 5.32 Å². The molecule has 0 aliphatic heterocycles. The Hall–Kier alpha value is -1.59. The molecule has 0 saturated heterocycles. The van der Waals surface area contributed by atoms with Crippen molar-refractivity contribution in [2.45, 2.75) is 26.2 Å². The fourth-order valence-electron chi connectivity index (χ4n) is 2.47. The van der Waals surface area contributed by atoms with Gasteiger partial charge >= 0.3 is 7.60 Å². The molecule has 0 aliphatic rings. The van der Waals surface area contributed by atoms with E-state index in [1.165, 1.54) is 12.1 Å². The van der Waals surface area contributed by atoms with Crippen LogP contribution < -0.4 is 5.32 Å². The van der Waals surface area contributed by atoms with Crippen molar-refractivity contribution in [3.05, 3.63) is 71.3 Å².